The van der Waals surface area contributed by atoms with Crippen molar-refractivity contribution in [2.75, 3.05) is 26.9 Å². The Morgan fingerprint density at radius 3 is 2.55 bits per heavy atom. The molecule has 2 fully saturated rings. The summed E-state index contributed by atoms with van der Waals surface area (Å²) in [6, 6.07) is 0.446. The normalized spacial score (nSPS) is 23.1. The molecule has 2 aliphatic carbocycles. The Balaban J connectivity index is 2.02. The number of hydrogen-bond acceptors (Lipinski definition) is 5. The summed E-state index contributed by atoms with van der Waals surface area (Å²) in [5.41, 5.74) is -0.654. The Bertz CT molecular complexity index is 328. The highest BCUT2D eigenvalue weighted by Gasteiger charge is 2.54. The van der Waals surface area contributed by atoms with Gasteiger partial charge in [0.2, 0.25) is 0 Å². The third-order valence-electron chi connectivity index (χ3n) is 3.95. The van der Waals surface area contributed by atoms with E-state index in [0.29, 0.717) is 31.8 Å². The number of ether oxygens (including phenoxy) is 3. The molecule has 20 heavy (non-hydrogen) atoms. The highest BCUT2D eigenvalue weighted by molar-refractivity contribution is 5.82. The molecule has 5 heteroatoms. The molecule has 1 N–H and O–H groups in total. The minimum absolute atomic E-state index is 0.0199. The molecule has 0 amide bonds. The summed E-state index contributed by atoms with van der Waals surface area (Å²) in [6.07, 6.45) is 4.40. The van der Waals surface area contributed by atoms with E-state index in [1.807, 2.05) is 13.8 Å². The van der Waals surface area contributed by atoms with Gasteiger partial charge in [-0.2, -0.15) is 0 Å². The zero-order valence-electron chi connectivity index (χ0n) is 12.8. The van der Waals surface area contributed by atoms with Crippen LogP contribution in [0.25, 0.3) is 0 Å². The molecule has 116 valence electrons. The van der Waals surface area contributed by atoms with Gasteiger partial charge in [0.05, 0.1) is 25.9 Å². The highest BCUT2D eigenvalue weighted by Crippen LogP contribution is 2.42. The van der Waals surface area contributed by atoms with Gasteiger partial charge in [-0.3, -0.25) is 5.32 Å². The smallest absolute Gasteiger partial charge is 0.329 e. The van der Waals surface area contributed by atoms with Crippen molar-refractivity contribution < 1.29 is 19.0 Å². The van der Waals surface area contributed by atoms with Crippen LogP contribution >= 0.6 is 0 Å². The molecular formula is C15H27NO4. The maximum Gasteiger partial charge on any atom is 0.329 e. The summed E-state index contributed by atoms with van der Waals surface area (Å²) in [5, 5.41) is 3.51. The van der Waals surface area contributed by atoms with Crippen LogP contribution in [0, 0.1) is 5.92 Å². The fourth-order valence-electron chi connectivity index (χ4n) is 2.55. The van der Waals surface area contributed by atoms with Gasteiger partial charge in [-0.1, -0.05) is 0 Å². The average Bonchev–Trinajstić information content (AvgIpc) is 3.27. The van der Waals surface area contributed by atoms with E-state index in [1.54, 1.807) is 7.11 Å². The first kappa shape index (κ1) is 15.7. The molecule has 0 aromatic rings. The van der Waals surface area contributed by atoms with Gasteiger partial charge in [-0.25, -0.2) is 4.79 Å². The standard InChI is InChI=1S/C15H27NO4/c1-4-19-14(17)15(12-5-6-12,16-13-7-8-13)10-20-11(2)9-18-3/h11-13,16H,4-10H2,1-3H3. The van der Waals surface area contributed by atoms with Gasteiger partial charge in [0.1, 0.15) is 5.54 Å². The van der Waals surface area contributed by atoms with Gasteiger partial charge in [-0.05, 0) is 45.4 Å². The number of hydrogen-bond donors (Lipinski definition) is 1. The lowest BCUT2D eigenvalue weighted by Crippen LogP contribution is -2.59. The first-order chi connectivity index (χ1) is 9.62. The van der Waals surface area contributed by atoms with Crippen LogP contribution in [0.5, 0.6) is 0 Å². The first-order valence-corrected chi connectivity index (χ1v) is 7.67. The van der Waals surface area contributed by atoms with E-state index in [1.165, 1.54) is 0 Å². The van der Waals surface area contributed by atoms with E-state index in [9.17, 15) is 4.79 Å². The van der Waals surface area contributed by atoms with Gasteiger partial charge in [0.15, 0.2) is 0 Å². The Labute approximate surface area is 121 Å². The predicted molar refractivity (Wildman–Crippen MR) is 75.5 cm³/mol. The van der Waals surface area contributed by atoms with Crippen molar-refractivity contribution in [3.63, 3.8) is 0 Å². The van der Waals surface area contributed by atoms with E-state index in [-0.39, 0.29) is 12.1 Å². The van der Waals surface area contributed by atoms with Gasteiger partial charge in [0, 0.05) is 13.2 Å². The maximum atomic E-state index is 12.5. The quantitative estimate of drug-likeness (QED) is 0.617. The number of carbonyl (C=O) groups excluding carboxylic acids is 1. The molecule has 0 bridgehead atoms. The molecule has 5 nitrogen and oxygen atoms in total. The number of methoxy groups -OCH3 is 1. The molecule has 0 aliphatic heterocycles. The fourth-order valence-corrected chi connectivity index (χ4v) is 2.55. The Hall–Kier alpha value is -0.650. The van der Waals surface area contributed by atoms with Crippen molar-refractivity contribution >= 4 is 5.97 Å². The molecule has 0 saturated heterocycles. The lowest BCUT2D eigenvalue weighted by molar-refractivity contribution is -0.157. The molecule has 0 aromatic carbocycles. The molecule has 0 heterocycles. The lowest BCUT2D eigenvalue weighted by atomic mass is 9.93. The van der Waals surface area contributed by atoms with Crippen LogP contribution < -0.4 is 5.32 Å². The Kier molecular flexibility index (Phi) is 5.41. The highest BCUT2D eigenvalue weighted by atomic mass is 16.5. The Morgan fingerprint density at radius 2 is 2.05 bits per heavy atom. The minimum Gasteiger partial charge on any atom is -0.465 e. The largest absolute Gasteiger partial charge is 0.465 e. The van der Waals surface area contributed by atoms with E-state index < -0.39 is 5.54 Å². The zero-order chi connectivity index (χ0) is 14.6. The number of esters is 1. The van der Waals surface area contributed by atoms with Crippen LogP contribution in [0.4, 0.5) is 0 Å². The summed E-state index contributed by atoms with van der Waals surface area (Å²) in [6.45, 7) is 5.13. The van der Waals surface area contributed by atoms with Gasteiger partial charge in [0.25, 0.3) is 0 Å². The summed E-state index contributed by atoms with van der Waals surface area (Å²) < 4.78 is 16.3. The van der Waals surface area contributed by atoms with Crippen LogP contribution in [0.3, 0.4) is 0 Å². The van der Waals surface area contributed by atoms with Crippen LogP contribution in [0.1, 0.15) is 39.5 Å². The topological polar surface area (TPSA) is 56.8 Å². The second kappa shape index (κ2) is 6.87. The van der Waals surface area contributed by atoms with E-state index in [2.05, 4.69) is 5.32 Å². The van der Waals surface area contributed by atoms with Crippen molar-refractivity contribution in [2.45, 2.75) is 57.2 Å². The molecule has 2 saturated carbocycles. The van der Waals surface area contributed by atoms with Crippen LogP contribution in [0.2, 0.25) is 0 Å². The average molecular weight is 285 g/mol. The van der Waals surface area contributed by atoms with Gasteiger partial charge >= 0.3 is 5.97 Å². The third kappa shape index (κ3) is 3.93. The lowest BCUT2D eigenvalue weighted by Gasteiger charge is -2.33. The van der Waals surface area contributed by atoms with Crippen molar-refractivity contribution in [1.82, 2.24) is 5.32 Å². The van der Waals surface area contributed by atoms with Crippen LogP contribution in [0.15, 0.2) is 0 Å². The third-order valence-corrected chi connectivity index (χ3v) is 3.95. The van der Waals surface area contributed by atoms with E-state index in [4.69, 9.17) is 14.2 Å². The van der Waals surface area contributed by atoms with Crippen molar-refractivity contribution in [2.24, 2.45) is 5.92 Å². The van der Waals surface area contributed by atoms with Crippen molar-refractivity contribution in [3.05, 3.63) is 0 Å². The monoisotopic (exact) mass is 285 g/mol. The summed E-state index contributed by atoms with van der Waals surface area (Å²) in [5.74, 6) is 0.191. The predicted octanol–water partition coefficient (Wildman–Crippen LogP) is 1.50. The van der Waals surface area contributed by atoms with E-state index >= 15 is 0 Å². The summed E-state index contributed by atoms with van der Waals surface area (Å²) >= 11 is 0. The number of nitrogens with one attached hydrogen (secondary N) is 1. The molecule has 2 aliphatic rings. The molecule has 0 aromatic heterocycles. The molecule has 2 rings (SSSR count). The molecule has 2 atom stereocenters. The van der Waals surface area contributed by atoms with Gasteiger partial charge in [-0.15, -0.1) is 0 Å². The second-order valence-electron chi connectivity index (χ2n) is 5.96. The zero-order valence-corrected chi connectivity index (χ0v) is 12.8. The van der Waals surface area contributed by atoms with E-state index in [0.717, 1.165) is 25.7 Å². The Morgan fingerprint density at radius 1 is 1.35 bits per heavy atom. The maximum absolute atomic E-state index is 12.5. The second-order valence-corrected chi connectivity index (χ2v) is 5.96. The molecule has 0 spiro atoms. The molecule has 0 radical (unpaired) electrons. The summed E-state index contributed by atoms with van der Waals surface area (Å²) in [7, 11) is 1.65. The van der Waals surface area contributed by atoms with Crippen molar-refractivity contribution in [1.29, 1.82) is 0 Å². The van der Waals surface area contributed by atoms with Crippen LogP contribution in [-0.2, 0) is 19.0 Å². The number of rotatable bonds is 10. The molecular weight excluding hydrogens is 258 g/mol. The summed E-state index contributed by atoms with van der Waals surface area (Å²) in [4.78, 5) is 12.5. The van der Waals surface area contributed by atoms with Crippen molar-refractivity contribution in [3.8, 4) is 0 Å². The first-order valence-electron chi connectivity index (χ1n) is 7.67. The minimum atomic E-state index is -0.654. The SMILES string of the molecule is CCOC(=O)C(COC(C)COC)(NC1CC1)C1CC1. The fraction of sp³-hybridized carbons (Fsp3) is 0.933. The molecule has 2 unspecified atom stereocenters. The number of carbonyl (C=O) groups is 1. The van der Waals surface area contributed by atoms with Gasteiger partial charge < -0.3 is 14.2 Å². The van der Waals surface area contributed by atoms with Crippen LogP contribution in [-0.4, -0.2) is 50.6 Å².